The smallest absolute Gasteiger partial charge is 0.328 e. The Morgan fingerprint density at radius 3 is 2.90 bits per heavy atom. The first kappa shape index (κ1) is 14.4. The molecule has 2 aromatic heterocycles. The molecule has 1 aliphatic carbocycles. The van der Waals surface area contributed by atoms with Crippen LogP contribution >= 0.6 is 7.60 Å². The summed E-state index contributed by atoms with van der Waals surface area (Å²) in [5.74, 6) is 0.280. The molecule has 1 fully saturated rings. The summed E-state index contributed by atoms with van der Waals surface area (Å²) in [7, 11) is -4.26. The van der Waals surface area contributed by atoms with E-state index >= 15 is 0 Å². The normalized spacial score (nSPS) is 26.5. The molecule has 0 aliphatic heterocycles. The first-order valence-electron chi connectivity index (χ1n) is 6.47. The topological polar surface area (TPSA) is 147 Å². The van der Waals surface area contributed by atoms with Crippen molar-refractivity contribution in [1.82, 2.24) is 19.5 Å². The lowest BCUT2D eigenvalue weighted by molar-refractivity contribution is 0.0625. The maximum atomic E-state index is 11.1. The zero-order valence-corrected chi connectivity index (χ0v) is 12.0. The maximum Gasteiger partial charge on any atom is 0.328 e. The van der Waals surface area contributed by atoms with Crippen molar-refractivity contribution in [2.24, 2.45) is 0 Å². The van der Waals surface area contributed by atoms with E-state index in [1.807, 2.05) is 0 Å². The number of anilines is 1. The van der Waals surface area contributed by atoms with E-state index in [1.165, 1.54) is 6.33 Å². The van der Waals surface area contributed by atoms with Crippen molar-refractivity contribution in [1.29, 1.82) is 0 Å². The molecule has 21 heavy (non-hydrogen) atoms. The van der Waals surface area contributed by atoms with Crippen LogP contribution in [0.1, 0.15) is 25.3 Å². The van der Waals surface area contributed by atoms with Crippen molar-refractivity contribution >= 4 is 24.6 Å². The second-order valence-electron chi connectivity index (χ2n) is 5.53. The molecule has 3 rings (SSSR count). The lowest BCUT2D eigenvalue weighted by atomic mass is 10.1. The fourth-order valence-corrected chi connectivity index (χ4v) is 4.03. The van der Waals surface area contributed by atoms with Crippen LogP contribution in [0.5, 0.6) is 0 Å². The van der Waals surface area contributed by atoms with E-state index in [2.05, 4.69) is 15.0 Å². The van der Waals surface area contributed by atoms with Crippen LogP contribution in [0.15, 0.2) is 12.7 Å². The molecule has 2 aromatic rings. The quantitative estimate of drug-likeness (QED) is 0.581. The summed E-state index contributed by atoms with van der Waals surface area (Å²) < 4.78 is 12.9. The summed E-state index contributed by atoms with van der Waals surface area (Å²) in [6, 6.07) is -0.124. The van der Waals surface area contributed by atoms with Gasteiger partial charge in [-0.3, -0.25) is 4.57 Å². The number of aromatic nitrogens is 4. The predicted octanol–water partition coefficient (Wildman–Crippen LogP) is 0.0423. The van der Waals surface area contributed by atoms with Crippen LogP contribution in [-0.2, 0) is 4.57 Å². The molecule has 2 atom stereocenters. The number of nitrogens with zero attached hydrogens (tertiary/aromatic N) is 4. The minimum atomic E-state index is -4.26. The Labute approximate surface area is 120 Å². The van der Waals surface area contributed by atoms with Crippen molar-refractivity contribution in [2.45, 2.75) is 30.9 Å². The molecule has 2 heterocycles. The first-order chi connectivity index (χ1) is 9.77. The zero-order valence-electron chi connectivity index (χ0n) is 11.1. The van der Waals surface area contributed by atoms with E-state index in [4.69, 9.17) is 15.5 Å². The van der Waals surface area contributed by atoms with Gasteiger partial charge in [-0.05, 0) is 19.3 Å². The molecule has 1 saturated carbocycles. The highest BCUT2D eigenvalue weighted by Crippen LogP contribution is 2.47. The fourth-order valence-electron chi connectivity index (χ4n) is 2.98. The SMILES string of the molecule is Nc1ncnc2c1ncn2[C@H]1CC[C@@](O)(CP(=O)(O)O)C1. The number of fused-ring (bicyclic) bond motifs is 1. The molecule has 5 N–H and O–H groups in total. The Hall–Kier alpha value is -1.54. The summed E-state index contributed by atoms with van der Waals surface area (Å²) in [5.41, 5.74) is 5.41. The van der Waals surface area contributed by atoms with Crippen molar-refractivity contribution in [3.05, 3.63) is 12.7 Å². The molecule has 114 valence electrons. The average molecular weight is 313 g/mol. The van der Waals surface area contributed by atoms with E-state index in [0.29, 0.717) is 24.0 Å². The second-order valence-corrected chi connectivity index (χ2v) is 7.17. The van der Waals surface area contributed by atoms with Crippen LogP contribution in [0.25, 0.3) is 11.2 Å². The van der Waals surface area contributed by atoms with Gasteiger partial charge in [0, 0.05) is 6.04 Å². The number of hydrogen-bond acceptors (Lipinski definition) is 6. The summed E-state index contributed by atoms with van der Waals surface area (Å²) in [4.78, 5) is 30.3. The molecule has 0 aromatic carbocycles. The van der Waals surface area contributed by atoms with Crippen molar-refractivity contribution in [3.8, 4) is 0 Å². The van der Waals surface area contributed by atoms with Gasteiger partial charge >= 0.3 is 7.60 Å². The number of rotatable bonds is 3. The zero-order chi connectivity index (χ0) is 15.3. The molecule has 10 heteroatoms. The number of hydrogen-bond donors (Lipinski definition) is 4. The van der Waals surface area contributed by atoms with Crippen LogP contribution in [0.3, 0.4) is 0 Å². The molecular weight excluding hydrogens is 297 g/mol. The highest BCUT2D eigenvalue weighted by molar-refractivity contribution is 7.51. The Morgan fingerprint density at radius 1 is 1.43 bits per heavy atom. The molecule has 0 amide bonds. The lowest BCUT2D eigenvalue weighted by Crippen LogP contribution is -2.30. The van der Waals surface area contributed by atoms with Gasteiger partial charge in [-0.2, -0.15) is 0 Å². The standard InChI is InChI=1S/C11H16N5O4P/c12-9-8-10(14-5-13-9)16(6-15-8)7-1-2-11(17,3-7)4-21(18,19)20/h5-7,17H,1-4H2,(H2,12,13,14)(H2,18,19,20)/t7-,11-/m0/s1. The Balaban J connectivity index is 1.89. The van der Waals surface area contributed by atoms with Crippen molar-refractivity contribution < 1.29 is 19.5 Å². The number of aliphatic hydroxyl groups is 1. The van der Waals surface area contributed by atoms with Crippen LogP contribution in [-0.4, -0.2) is 46.2 Å². The Bertz CT molecular complexity index is 728. The molecule has 0 saturated heterocycles. The lowest BCUT2D eigenvalue weighted by Gasteiger charge is -2.23. The fraction of sp³-hybridized carbons (Fsp3) is 0.545. The second kappa shape index (κ2) is 4.74. The van der Waals surface area contributed by atoms with E-state index in [1.54, 1.807) is 10.9 Å². The third kappa shape index (κ3) is 2.77. The van der Waals surface area contributed by atoms with Gasteiger partial charge < -0.3 is 25.2 Å². The number of imidazole rings is 1. The van der Waals surface area contributed by atoms with Crippen LogP contribution in [0.4, 0.5) is 5.82 Å². The van der Waals surface area contributed by atoms with E-state index in [-0.39, 0.29) is 18.3 Å². The van der Waals surface area contributed by atoms with Gasteiger partial charge in [-0.15, -0.1) is 0 Å². The van der Waals surface area contributed by atoms with Crippen molar-refractivity contribution in [2.75, 3.05) is 11.9 Å². The van der Waals surface area contributed by atoms with E-state index < -0.39 is 19.4 Å². The first-order valence-corrected chi connectivity index (χ1v) is 8.27. The minimum absolute atomic E-state index is 0.124. The van der Waals surface area contributed by atoms with Gasteiger partial charge in [-0.1, -0.05) is 0 Å². The summed E-state index contributed by atoms with van der Waals surface area (Å²) >= 11 is 0. The largest absolute Gasteiger partial charge is 0.389 e. The molecule has 0 bridgehead atoms. The minimum Gasteiger partial charge on any atom is -0.389 e. The highest BCUT2D eigenvalue weighted by Gasteiger charge is 2.42. The monoisotopic (exact) mass is 313 g/mol. The number of nitrogen functional groups attached to an aromatic ring is 1. The van der Waals surface area contributed by atoms with E-state index in [0.717, 1.165) is 0 Å². The van der Waals surface area contributed by atoms with Crippen molar-refractivity contribution in [3.63, 3.8) is 0 Å². The van der Waals surface area contributed by atoms with Gasteiger partial charge in [0.25, 0.3) is 0 Å². The van der Waals surface area contributed by atoms with Crippen LogP contribution in [0, 0.1) is 0 Å². The summed E-state index contributed by atoms with van der Waals surface area (Å²) in [6.45, 7) is 0. The molecule has 0 radical (unpaired) electrons. The third-order valence-electron chi connectivity index (χ3n) is 3.84. The van der Waals surface area contributed by atoms with Gasteiger partial charge in [0.05, 0.1) is 18.1 Å². The highest BCUT2D eigenvalue weighted by atomic mass is 31.2. The van der Waals surface area contributed by atoms with Gasteiger partial charge in [0.2, 0.25) is 0 Å². The van der Waals surface area contributed by atoms with E-state index in [9.17, 15) is 9.67 Å². The third-order valence-corrected chi connectivity index (χ3v) is 4.84. The Kier molecular flexibility index (Phi) is 3.25. The van der Waals surface area contributed by atoms with Crippen LogP contribution < -0.4 is 5.73 Å². The molecule has 9 nitrogen and oxygen atoms in total. The molecule has 0 unspecified atom stereocenters. The summed E-state index contributed by atoms with van der Waals surface area (Å²) in [5, 5.41) is 10.3. The Morgan fingerprint density at radius 2 is 2.19 bits per heavy atom. The van der Waals surface area contributed by atoms with Gasteiger partial charge in [-0.25, -0.2) is 15.0 Å². The van der Waals surface area contributed by atoms with Gasteiger partial charge in [0.1, 0.15) is 11.8 Å². The predicted molar refractivity (Wildman–Crippen MR) is 74.5 cm³/mol. The molecule has 1 aliphatic rings. The molecular formula is C11H16N5O4P. The summed E-state index contributed by atoms with van der Waals surface area (Å²) in [6.07, 6.45) is 3.54. The maximum absolute atomic E-state index is 11.1. The van der Waals surface area contributed by atoms with Crippen LogP contribution in [0.2, 0.25) is 0 Å². The number of nitrogens with two attached hydrogens (primary N) is 1. The molecule has 0 spiro atoms. The van der Waals surface area contributed by atoms with Gasteiger partial charge in [0.15, 0.2) is 11.5 Å². The average Bonchev–Trinajstić information content (AvgIpc) is 2.91.